The smallest absolute Gasteiger partial charge is 0.250 e. The minimum atomic E-state index is 0.0886. The number of phenolic OH excluding ortho intramolecular Hbond substituents is 1. The Labute approximate surface area is 183 Å². The summed E-state index contributed by atoms with van der Waals surface area (Å²) in [6.07, 6.45) is 8.77. The second-order valence-corrected chi connectivity index (χ2v) is 7.88. The topological polar surface area (TPSA) is 99.0 Å². The summed E-state index contributed by atoms with van der Waals surface area (Å²) in [7, 11) is 0. The fourth-order valence-corrected chi connectivity index (χ4v) is 3.93. The first-order valence-corrected chi connectivity index (χ1v) is 11.2. The fraction of sp³-hybridized carbons (Fsp3) is 0.545. The molecule has 0 saturated carbocycles. The molecule has 0 atom stereocenters. The summed E-state index contributed by atoms with van der Waals surface area (Å²) in [6, 6.07) is 5.18. The first-order valence-electron chi connectivity index (χ1n) is 11.2. The average Bonchev–Trinajstić information content (AvgIpc) is 2.82. The minimum Gasteiger partial charge on any atom is -0.504 e. The van der Waals surface area contributed by atoms with Crippen molar-refractivity contribution >= 4 is 24.1 Å². The van der Waals surface area contributed by atoms with E-state index in [0.717, 1.165) is 57.4 Å². The van der Waals surface area contributed by atoms with E-state index < -0.39 is 0 Å². The molecule has 0 spiro atoms. The van der Waals surface area contributed by atoms with Gasteiger partial charge < -0.3 is 19.6 Å². The summed E-state index contributed by atoms with van der Waals surface area (Å²) in [6.45, 7) is 6.26. The van der Waals surface area contributed by atoms with Crippen LogP contribution >= 0.6 is 0 Å². The molecule has 0 unspecified atom stereocenters. The van der Waals surface area contributed by atoms with E-state index in [1.54, 1.807) is 18.3 Å². The number of nitrogens with one attached hydrogen (secondary N) is 1. The van der Waals surface area contributed by atoms with Crippen LogP contribution in [0.15, 0.2) is 23.3 Å². The highest BCUT2D eigenvalue weighted by Crippen LogP contribution is 2.26. The van der Waals surface area contributed by atoms with Crippen LogP contribution in [0.4, 0.5) is 17.8 Å². The molecule has 1 aromatic carbocycles. The summed E-state index contributed by atoms with van der Waals surface area (Å²) in [5.41, 5.74) is 3.70. The van der Waals surface area contributed by atoms with E-state index in [1.165, 1.54) is 12.8 Å². The number of anilines is 3. The van der Waals surface area contributed by atoms with Crippen LogP contribution in [0.2, 0.25) is 0 Å². The Bertz CT molecular complexity index is 857. The SMILES string of the molecule is CCOc1ccc(C=NNc2nc(N3CCCCC3)nc(N3CCCCC3)n2)cc1O. The number of hydrogen-bond acceptors (Lipinski definition) is 9. The molecule has 1 aromatic heterocycles. The Morgan fingerprint density at radius 2 is 1.58 bits per heavy atom. The van der Waals surface area contributed by atoms with Gasteiger partial charge in [-0.25, -0.2) is 5.43 Å². The van der Waals surface area contributed by atoms with Crippen molar-refractivity contribution in [2.45, 2.75) is 45.4 Å². The number of rotatable bonds is 7. The molecule has 0 aliphatic carbocycles. The van der Waals surface area contributed by atoms with Crippen LogP contribution in [0, 0.1) is 0 Å². The molecule has 166 valence electrons. The number of aromatic hydroxyl groups is 1. The van der Waals surface area contributed by atoms with Crippen molar-refractivity contribution in [3.63, 3.8) is 0 Å². The lowest BCUT2D eigenvalue weighted by atomic mass is 10.1. The van der Waals surface area contributed by atoms with Gasteiger partial charge in [0.25, 0.3) is 0 Å². The lowest BCUT2D eigenvalue weighted by molar-refractivity contribution is 0.318. The van der Waals surface area contributed by atoms with Crippen molar-refractivity contribution < 1.29 is 9.84 Å². The number of hydrazone groups is 1. The zero-order valence-electron chi connectivity index (χ0n) is 18.1. The lowest BCUT2D eigenvalue weighted by Crippen LogP contribution is -2.34. The maximum Gasteiger partial charge on any atom is 0.250 e. The molecule has 2 aliphatic heterocycles. The van der Waals surface area contributed by atoms with Gasteiger partial charge in [-0.3, -0.25) is 0 Å². The molecule has 2 aliphatic rings. The third kappa shape index (κ3) is 5.53. The summed E-state index contributed by atoms with van der Waals surface area (Å²) in [4.78, 5) is 18.5. The van der Waals surface area contributed by atoms with Crippen LogP contribution in [-0.2, 0) is 0 Å². The second-order valence-electron chi connectivity index (χ2n) is 7.88. The molecule has 31 heavy (non-hydrogen) atoms. The fourth-order valence-electron chi connectivity index (χ4n) is 3.93. The van der Waals surface area contributed by atoms with Gasteiger partial charge in [0.15, 0.2) is 11.5 Å². The zero-order chi connectivity index (χ0) is 21.5. The van der Waals surface area contributed by atoms with Crippen molar-refractivity contribution in [3.8, 4) is 11.5 Å². The number of aromatic nitrogens is 3. The molecule has 9 nitrogen and oxygen atoms in total. The van der Waals surface area contributed by atoms with Crippen molar-refractivity contribution in [3.05, 3.63) is 23.8 Å². The molecule has 0 amide bonds. The Hall–Kier alpha value is -3.10. The van der Waals surface area contributed by atoms with E-state index in [2.05, 4.69) is 30.3 Å². The van der Waals surface area contributed by atoms with Gasteiger partial charge in [-0.1, -0.05) is 0 Å². The van der Waals surface area contributed by atoms with Crippen LogP contribution in [0.1, 0.15) is 51.0 Å². The third-order valence-electron chi connectivity index (χ3n) is 5.55. The molecule has 9 heteroatoms. The van der Waals surface area contributed by atoms with E-state index >= 15 is 0 Å². The summed E-state index contributed by atoms with van der Waals surface area (Å²) >= 11 is 0. The number of hydrogen-bond donors (Lipinski definition) is 2. The van der Waals surface area contributed by atoms with Crippen LogP contribution in [0.3, 0.4) is 0 Å². The Morgan fingerprint density at radius 1 is 0.968 bits per heavy atom. The number of phenols is 1. The van der Waals surface area contributed by atoms with Gasteiger partial charge in [-0.15, -0.1) is 0 Å². The monoisotopic (exact) mass is 425 g/mol. The van der Waals surface area contributed by atoms with Gasteiger partial charge in [0, 0.05) is 26.2 Å². The highest BCUT2D eigenvalue weighted by molar-refractivity contribution is 5.81. The molecular formula is C22H31N7O2. The van der Waals surface area contributed by atoms with Crippen LogP contribution in [-0.4, -0.2) is 59.1 Å². The normalized spacial score (nSPS) is 17.2. The molecule has 2 fully saturated rings. The summed E-state index contributed by atoms with van der Waals surface area (Å²) in [5.74, 6) is 2.41. The van der Waals surface area contributed by atoms with E-state index in [0.29, 0.717) is 30.2 Å². The van der Waals surface area contributed by atoms with Gasteiger partial charge in [0.2, 0.25) is 17.8 Å². The molecule has 0 radical (unpaired) electrons. The number of nitrogens with zero attached hydrogens (tertiary/aromatic N) is 6. The molecule has 4 rings (SSSR count). The highest BCUT2D eigenvalue weighted by atomic mass is 16.5. The van der Waals surface area contributed by atoms with Crippen LogP contribution < -0.4 is 20.0 Å². The van der Waals surface area contributed by atoms with Crippen molar-refractivity contribution in [1.82, 2.24) is 15.0 Å². The Morgan fingerprint density at radius 3 is 2.13 bits per heavy atom. The lowest BCUT2D eigenvalue weighted by Gasteiger charge is -2.30. The van der Waals surface area contributed by atoms with Gasteiger partial charge in [-0.2, -0.15) is 20.1 Å². The molecule has 2 N–H and O–H groups in total. The maximum atomic E-state index is 10.0. The van der Waals surface area contributed by atoms with Crippen molar-refractivity contribution in [1.29, 1.82) is 0 Å². The Kier molecular flexibility index (Phi) is 7.01. The maximum absolute atomic E-state index is 10.0. The molecular weight excluding hydrogens is 394 g/mol. The van der Waals surface area contributed by atoms with Crippen molar-refractivity contribution in [2.75, 3.05) is 48.0 Å². The highest BCUT2D eigenvalue weighted by Gasteiger charge is 2.20. The van der Waals surface area contributed by atoms with E-state index in [1.807, 2.05) is 13.0 Å². The predicted octanol–water partition coefficient (Wildman–Crippen LogP) is 3.40. The summed E-state index contributed by atoms with van der Waals surface area (Å²) < 4.78 is 5.36. The third-order valence-corrected chi connectivity index (χ3v) is 5.55. The van der Waals surface area contributed by atoms with E-state index in [9.17, 15) is 5.11 Å². The number of piperidine rings is 2. The van der Waals surface area contributed by atoms with Gasteiger partial charge in [0.05, 0.1) is 12.8 Å². The molecule has 2 saturated heterocycles. The van der Waals surface area contributed by atoms with Crippen LogP contribution in [0.5, 0.6) is 11.5 Å². The van der Waals surface area contributed by atoms with Gasteiger partial charge >= 0.3 is 0 Å². The van der Waals surface area contributed by atoms with Gasteiger partial charge in [0.1, 0.15) is 0 Å². The first kappa shape index (κ1) is 21.1. The largest absolute Gasteiger partial charge is 0.504 e. The second kappa shape index (κ2) is 10.3. The van der Waals surface area contributed by atoms with Gasteiger partial charge in [-0.05, 0) is 69.2 Å². The van der Waals surface area contributed by atoms with Crippen molar-refractivity contribution in [2.24, 2.45) is 5.10 Å². The molecule has 2 aromatic rings. The Balaban J connectivity index is 1.52. The molecule has 0 bridgehead atoms. The number of benzene rings is 1. The van der Waals surface area contributed by atoms with E-state index in [-0.39, 0.29) is 5.75 Å². The first-order chi connectivity index (χ1) is 15.2. The predicted molar refractivity (Wildman–Crippen MR) is 122 cm³/mol. The van der Waals surface area contributed by atoms with Crippen LogP contribution in [0.25, 0.3) is 0 Å². The zero-order valence-corrected chi connectivity index (χ0v) is 18.1. The van der Waals surface area contributed by atoms with E-state index in [4.69, 9.17) is 9.72 Å². The molecule has 3 heterocycles. The summed E-state index contributed by atoms with van der Waals surface area (Å²) in [5, 5.41) is 14.3. The average molecular weight is 426 g/mol. The minimum absolute atomic E-state index is 0.0886. The number of ether oxygens (including phenoxy) is 1. The standard InChI is InChI=1S/C22H31N7O2/c1-2-31-19-10-9-17(15-18(19)30)16-23-27-20-24-21(28-11-5-3-6-12-28)26-22(25-20)29-13-7-4-8-14-29/h9-10,15-16,30H,2-8,11-14H2,1H3,(H,24,25,26,27). The quantitative estimate of drug-likeness (QED) is 0.514.